The maximum absolute atomic E-state index is 6.12. The summed E-state index contributed by atoms with van der Waals surface area (Å²) in [7, 11) is 0. The van der Waals surface area contributed by atoms with Crippen molar-refractivity contribution >= 4 is 0 Å². The molecule has 1 rings (SSSR count). The molecule has 0 heterocycles. The van der Waals surface area contributed by atoms with E-state index < -0.39 is 0 Å². The molecule has 0 spiro atoms. The normalized spacial score (nSPS) is 30.9. The Morgan fingerprint density at radius 2 is 1.88 bits per heavy atom. The highest BCUT2D eigenvalue weighted by Crippen LogP contribution is 2.37. The van der Waals surface area contributed by atoms with Gasteiger partial charge in [0.15, 0.2) is 0 Å². The van der Waals surface area contributed by atoms with Crippen LogP contribution < -0.4 is 0 Å². The molecule has 1 fully saturated rings. The van der Waals surface area contributed by atoms with Crippen LogP contribution in [0.1, 0.15) is 67.2 Å². The molecule has 2 heteroatoms. The topological polar surface area (TPSA) is 12.5 Å². The van der Waals surface area contributed by atoms with Crippen LogP contribution in [0, 0.1) is 0 Å². The molecule has 0 radical (unpaired) electrons. The molecule has 17 heavy (non-hydrogen) atoms. The van der Waals surface area contributed by atoms with Gasteiger partial charge >= 0.3 is 0 Å². The van der Waals surface area contributed by atoms with Crippen LogP contribution in [0.2, 0.25) is 0 Å². The maximum atomic E-state index is 6.12. The van der Waals surface area contributed by atoms with Crippen molar-refractivity contribution in [2.45, 2.75) is 84.4 Å². The number of nitrogens with zero attached hydrogens (tertiary/aromatic N) is 1. The highest BCUT2D eigenvalue weighted by molar-refractivity contribution is 4.97. The molecule has 2 atom stereocenters. The zero-order chi connectivity index (χ0) is 13.1. The van der Waals surface area contributed by atoms with Gasteiger partial charge in [0.05, 0.1) is 5.60 Å². The summed E-state index contributed by atoms with van der Waals surface area (Å²) < 4.78 is 6.12. The van der Waals surface area contributed by atoms with Gasteiger partial charge in [-0.1, -0.05) is 19.8 Å². The Kier molecular flexibility index (Phi) is 5.03. The lowest BCUT2D eigenvalue weighted by Crippen LogP contribution is -2.59. The first kappa shape index (κ1) is 15.0. The lowest BCUT2D eigenvalue weighted by molar-refractivity contribution is -0.124. The fraction of sp³-hybridized carbons (Fsp3) is 1.00. The predicted octanol–water partition coefficient (Wildman–Crippen LogP) is 3.84. The summed E-state index contributed by atoms with van der Waals surface area (Å²) in [5, 5.41) is 0. The van der Waals surface area contributed by atoms with Gasteiger partial charge in [-0.05, 0) is 54.0 Å². The van der Waals surface area contributed by atoms with E-state index in [1.54, 1.807) is 0 Å². The standard InChI is InChI=1S/C15H31NO/c1-7-16(14(3,4)5)13-11-9-10-12-15(13,6)17-8-2/h13H,7-12H2,1-6H3/t13-,15+/m0/s1. The molecule has 0 aliphatic heterocycles. The Morgan fingerprint density at radius 3 is 2.35 bits per heavy atom. The Balaban J connectivity index is 2.89. The van der Waals surface area contributed by atoms with Crippen LogP contribution in [0.4, 0.5) is 0 Å². The van der Waals surface area contributed by atoms with Gasteiger partial charge in [-0.25, -0.2) is 0 Å². The van der Waals surface area contributed by atoms with Gasteiger partial charge in [-0.3, -0.25) is 4.90 Å². The predicted molar refractivity (Wildman–Crippen MR) is 74.4 cm³/mol. The van der Waals surface area contributed by atoms with Crippen molar-refractivity contribution in [2.24, 2.45) is 0 Å². The molecule has 0 N–H and O–H groups in total. The lowest BCUT2D eigenvalue weighted by Gasteiger charge is -2.51. The van der Waals surface area contributed by atoms with Crippen LogP contribution in [0.25, 0.3) is 0 Å². The van der Waals surface area contributed by atoms with Gasteiger partial charge in [0, 0.05) is 18.2 Å². The number of ether oxygens (including phenoxy) is 1. The summed E-state index contributed by atoms with van der Waals surface area (Å²) in [5.41, 5.74) is 0.283. The molecule has 1 aliphatic carbocycles. The highest BCUT2D eigenvalue weighted by Gasteiger charge is 2.43. The van der Waals surface area contributed by atoms with Crippen molar-refractivity contribution < 1.29 is 4.74 Å². The zero-order valence-electron chi connectivity index (χ0n) is 12.7. The molecule has 0 bridgehead atoms. The average molecular weight is 241 g/mol. The van der Waals surface area contributed by atoms with E-state index in [0.717, 1.165) is 13.2 Å². The van der Waals surface area contributed by atoms with Crippen molar-refractivity contribution in [1.82, 2.24) is 4.90 Å². The van der Waals surface area contributed by atoms with Crippen LogP contribution in [-0.4, -0.2) is 35.2 Å². The molecule has 0 aromatic heterocycles. The third-order valence-corrected chi connectivity index (χ3v) is 4.16. The molecular formula is C15H31NO. The zero-order valence-corrected chi connectivity index (χ0v) is 12.7. The summed E-state index contributed by atoms with van der Waals surface area (Å²) in [6, 6.07) is 0.571. The molecule has 0 unspecified atom stereocenters. The minimum atomic E-state index is 0.0519. The second-order valence-corrected chi connectivity index (χ2v) is 6.46. The Morgan fingerprint density at radius 1 is 1.24 bits per heavy atom. The summed E-state index contributed by atoms with van der Waals surface area (Å²) >= 11 is 0. The molecule has 102 valence electrons. The monoisotopic (exact) mass is 241 g/mol. The van der Waals surface area contributed by atoms with Gasteiger partial charge < -0.3 is 4.74 Å². The van der Waals surface area contributed by atoms with E-state index in [4.69, 9.17) is 4.74 Å². The van der Waals surface area contributed by atoms with Crippen molar-refractivity contribution in [3.8, 4) is 0 Å². The number of likely N-dealkylation sites (N-methyl/N-ethyl adjacent to an activating group) is 1. The van der Waals surface area contributed by atoms with E-state index in [1.165, 1.54) is 25.7 Å². The van der Waals surface area contributed by atoms with Crippen molar-refractivity contribution in [3.63, 3.8) is 0 Å². The Labute approximate surface area is 108 Å². The first-order valence-electron chi connectivity index (χ1n) is 7.26. The quantitative estimate of drug-likeness (QED) is 0.741. The number of hydrogen-bond acceptors (Lipinski definition) is 2. The molecule has 0 aromatic rings. The summed E-state index contributed by atoms with van der Waals surface area (Å²) in [6.45, 7) is 15.6. The molecule has 1 aliphatic rings. The molecular weight excluding hydrogens is 210 g/mol. The molecule has 2 nitrogen and oxygen atoms in total. The summed E-state index contributed by atoms with van der Waals surface area (Å²) in [4.78, 5) is 2.63. The van der Waals surface area contributed by atoms with E-state index in [-0.39, 0.29) is 11.1 Å². The van der Waals surface area contributed by atoms with Gasteiger partial charge in [-0.15, -0.1) is 0 Å². The van der Waals surface area contributed by atoms with Crippen LogP contribution in [0.3, 0.4) is 0 Å². The second kappa shape index (κ2) is 5.71. The number of hydrogen-bond donors (Lipinski definition) is 0. The van der Waals surface area contributed by atoms with Crippen molar-refractivity contribution in [1.29, 1.82) is 0 Å². The number of rotatable bonds is 4. The van der Waals surface area contributed by atoms with E-state index in [2.05, 4.69) is 46.4 Å². The fourth-order valence-electron chi connectivity index (χ4n) is 3.43. The molecule has 0 aromatic carbocycles. The Hall–Kier alpha value is -0.0800. The van der Waals surface area contributed by atoms with Crippen LogP contribution in [0.5, 0.6) is 0 Å². The molecule has 1 saturated carbocycles. The van der Waals surface area contributed by atoms with Crippen LogP contribution >= 0.6 is 0 Å². The van der Waals surface area contributed by atoms with Crippen molar-refractivity contribution in [2.75, 3.05) is 13.2 Å². The first-order chi connectivity index (χ1) is 7.85. The SMILES string of the molecule is CCO[C@]1(C)CCCC[C@@H]1N(CC)C(C)(C)C. The van der Waals surface area contributed by atoms with Crippen LogP contribution in [-0.2, 0) is 4.74 Å². The maximum Gasteiger partial charge on any atom is 0.0809 e. The molecule has 0 saturated heterocycles. The third kappa shape index (κ3) is 3.45. The van der Waals surface area contributed by atoms with Crippen LogP contribution in [0.15, 0.2) is 0 Å². The van der Waals surface area contributed by atoms with E-state index >= 15 is 0 Å². The van der Waals surface area contributed by atoms with Gasteiger partial charge in [0.2, 0.25) is 0 Å². The van der Waals surface area contributed by atoms with E-state index in [9.17, 15) is 0 Å². The van der Waals surface area contributed by atoms with Gasteiger partial charge in [-0.2, -0.15) is 0 Å². The van der Waals surface area contributed by atoms with E-state index in [1.807, 2.05) is 0 Å². The van der Waals surface area contributed by atoms with Gasteiger partial charge in [0.25, 0.3) is 0 Å². The summed E-state index contributed by atoms with van der Waals surface area (Å²) in [5.74, 6) is 0. The smallest absolute Gasteiger partial charge is 0.0809 e. The van der Waals surface area contributed by atoms with Gasteiger partial charge in [0.1, 0.15) is 0 Å². The second-order valence-electron chi connectivity index (χ2n) is 6.46. The fourth-order valence-corrected chi connectivity index (χ4v) is 3.43. The first-order valence-corrected chi connectivity index (χ1v) is 7.26. The average Bonchev–Trinajstić information content (AvgIpc) is 2.20. The van der Waals surface area contributed by atoms with E-state index in [0.29, 0.717) is 6.04 Å². The lowest BCUT2D eigenvalue weighted by atomic mass is 9.79. The summed E-state index contributed by atoms with van der Waals surface area (Å²) in [6.07, 6.45) is 5.15. The third-order valence-electron chi connectivity index (χ3n) is 4.16. The minimum absolute atomic E-state index is 0.0519. The van der Waals surface area contributed by atoms with Crippen molar-refractivity contribution in [3.05, 3.63) is 0 Å². The minimum Gasteiger partial charge on any atom is -0.374 e. The molecule has 0 amide bonds. The highest BCUT2D eigenvalue weighted by atomic mass is 16.5. The Bertz CT molecular complexity index is 230. The largest absolute Gasteiger partial charge is 0.374 e.